The zero-order valence-corrected chi connectivity index (χ0v) is 13.6. The highest BCUT2D eigenvalue weighted by Crippen LogP contribution is 2.26. The van der Waals surface area contributed by atoms with Crippen molar-refractivity contribution >= 4 is 31.1 Å². The molecule has 0 saturated heterocycles. The van der Waals surface area contributed by atoms with E-state index in [2.05, 4.69) is 3.63 Å². The Morgan fingerprint density at radius 3 is 1.90 bits per heavy atom. The van der Waals surface area contributed by atoms with E-state index in [1.807, 2.05) is 13.8 Å². The first-order valence-electron chi connectivity index (χ1n) is 5.84. The third kappa shape index (κ3) is 7.14. The Bertz CT molecular complexity index is 479. The molecule has 0 aliphatic heterocycles. The van der Waals surface area contributed by atoms with Gasteiger partial charge in [0.2, 0.25) is 0 Å². The molecular formula is C9H18F3O5S3+. The van der Waals surface area contributed by atoms with Crippen molar-refractivity contribution in [1.82, 2.24) is 0 Å². The lowest BCUT2D eigenvalue weighted by Crippen LogP contribution is -2.29. The molecule has 0 unspecified atom stereocenters. The molecule has 0 aromatic carbocycles. The maximum atomic E-state index is 12.0. The fourth-order valence-electron chi connectivity index (χ4n) is 1.29. The van der Waals surface area contributed by atoms with Gasteiger partial charge in [0.1, 0.15) is 17.3 Å². The van der Waals surface area contributed by atoms with Crippen molar-refractivity contribution in [2.24, 2.45) is 0 Å². The first kappa shape index (κ1) is 20.0. The van der Waals surface area contributed by atoms with E-state index < -0.39 is 31.5 Å². The molecule has 0 aliphatic rings. The first-order chi connectivity index (χ1) is 8.95. The summed E-state index contributed by atoms with van der Waals surface area (Å²) in [5, 5.41) is 0. The van der Waals surface area contributed by atoms with Crippen LogP contribution in [0, 0.1) is 0 Å². The van der Waals surface area contributed by atoms with Crippen molar-refractivity contribution in [3.05, 3.63) is 0 Å². The Balaban J connectivity index is 4.36. The molecule has 0 atom stereocenters. The van der Waals surface area contributed by atoms with Crippen LogP contribution >= 0.6 is 0 Å². The highest BCUT2D eigenvalue weighted by Gasteiger charge is 2.50. The monoisotopic (exact) mass is 359 g/mol. The molecule has 0 aromatic rings. The van der Waals surface area contributed by atoms with Crippen LogP contribution in [0.4, 0.5) is 13.2 Å². The third-order valence-corrected chi connectivity index (χ3v) is 7.77. The topological polar surface area (TPSA) is 77.5 Å². The van der Waals surface area contributed by atoms with Gasteiger partial charge in [-0.05, 0) is 37.6 Å². The minimum atomic E-state index is -6.10. The average Bonchev–Trinajstić information content (AvgIpc) is 2.26. The Morgan fingerprint density at radius 1 is 1.00 bits per heavy atom. The van der Waals surface area contributed by atoms with Gasteiger partial charge in [0, 0.05) is 0 Å². The summed E-state index contributed by atoms with van der Waals surface area (Å²) in [5.74, 6) is 1.95. The molecule has 0 rings (SSSR count). The molecule has 0 N–H and O–H groups in total. The number of unbranched alkanes of at least 4 members (excludes halogenated alkanes) is 1. The number of rotatable bonds is 9. The number of halogens is 3. The average molecular weight is 359 g/mol. The van der Waals surface area contributed by atoms with Crippen LogP contribution in [0.15, 0.2) is 0 Å². The summed E-state index contributed by atoms with van der Waals surface area (Å²) < 4.78 is 82.7. The fourth-order valence-corrected chi connectivity index (χ4v) is 5.12. The van der Waals surface area contributed by atoms with Crippen LogP contribution in [-0.2, 0) is 34.8 Å². The highest BCUT2D eigenvalue weighted by molar-refractivity contribution is 8.00. The highest BCUT2D eigenvalue weighted by atomic mass is 32.3. The Morgan fingerprint density at radius 2 is 1.50 bits per heavy atom. The van der Waals surface area contributed by atoms with E-state index in [0.717, 1.165) is 17.3 Å². The van der Waals surface area contributed by atoms with Crippen LogP contribution in [0.3, 0.4) is 0 Å². The molecule has 122 valence electrons. The molecule has 0 saturated carbocycles. The van der Waals surface area contributed by atoms with Crippen LogP contribution in [0.25, 0.3) is 0 Å². The van der Waals surface area contributed by atoms with Crippen LogP contribution in [0.5, 0.6) is 0 Å². The SMILES string of the molecule is CC[S+](CC)CCCCS(=O)(=O)OS(=O)(=O)C(F)(F)F. The lowest BCUT2D eigenvalue weighted by molar-refractivity contribution is -0.0498. The summed E-state index contributed by atoms with van der Waals surface area (Å²) in [4.78, 5) is 0. The van der Waals surface area contributed by atoms with Gasteiger partial charge in [-0.15, -0.1) is 3.63 Å². The summed E-state index contributed by atoms with van der Waals surface area (Å²) in [6.07, 6.45) is 0.568. The van der Waals surface area contributed by atoms with Gasteiger partial charge >= 0.3 is 15.6 Å². The summed E-state index contributed by atoms with van der Waals surface area (Å²) in [6, 6.07) is 0. The van der Waals surface area contributed by atoms with Crippen LogP contribution in [0.2, 0.25) is 0 Å². The molecule has 0 aromatic heterocycles. The van der Waals surface area contributed by atoms with E-state index in [9.17, 15) is 30.0 Å². The fraction of sp³-hybridized carbons (Fsp3) is 1.00. The maximum absolute atomic E-state index is 12.0. The van der Waals surface area contributed by atoms with Crippen molar-refractivity contribution in [3.63, 3.8) is 0 Å². The van der Waals surface area contributed by atoms with Gasteiger partial charge in [-0.25, -0.2) is 0 Å². The quantitative estimate of drug-likeness (QED) is 0.355. The molecule has 0 amide bonds. The van der Waals surface area contributed by atoms with Gasteiger partial charge in [0.15, 0.2) is 0 Å². The summed E-state index contributed by atoms with van der Waals surface area (Å²) in [7, 11) is -10.7. The second-order valence-corrected chi connectivity index (χ2v) is 10.1. The van der Waals surface area contributed by atoms with Crippen molar-refractivity contribution < 1.29 is 33.6 Å². The lowest BCUT2D eigenvalue weighted by atomic mass is 10.4. The lowest BCUT2D eigenvalue weighted by Gasteiger charge is -2.08. The molecule has 20 heavy (non-hydrogen) atoms. The minimum Gasteiger partial charge on any atom is -0.198 e. The van der Waals surface area contributed by atoms with E-state index in [4.69, 9.17) is 0 Å². The molecule has 0 heterocycles. The predicted molar refractivity (Wildman–Crippen MR) is 72.4 cm³/mol. The van der Waals surface area contributed by atoms with E-state index in [1.165, 1.54) is 0 Å². The van der Waals surface area contributed by atoms with E-state index in [1.54, 1.807) is 0 Å². The standard InChI is InChI=1S/C9H18F3O5S3/c1-3-18(4-2)7-5-6-8-19(13,14)17-20(15,16)9(10,11)12/h3-8H2,1-2H3/q+1. The normalized spacial score (nSPS) is 13.9. The van der Waals surface area contributed by atoms with Gasteiger partial charge in [0.05, 0.1) is 5.75 Å². The third-order valence-electron chi connectivity index (χ3n) is 2.37. The predicted octanol–water partition coefficient (Wildman–Crippen LogP) is 1.62. The molecule has 11 heteroatoms. The van der Waals surface area contributed by atoms with Crippen LogP contribution in [-0.4, -0.2) is 45.4 Å². The Hall–Kier alpha value is -0.000000000000000167. The zero-order valence-electron chi connectivity index (χ0n) is 11.1. The van der Waals surface area contributed by atoms with Gasteiger partial charge in [-0.3, -0.25) is 0 Å². The summed E-state index contributed by atoms with van der Waals surface area (Å²) in [6.45, 7) is 4.00. The van der Waals surface area contributed by atoms with Gasteiger partial charge in [-0.1, -0.05) is 0 Å². The van der Waals surface area contributed by atoms with E-state index in [-0.39, 0.29) is 17.3 Å². The number of hydrogen-bond donors (Lipinski definition) is 0. The Kier molecular flexibility index (Phi) is 7.85. The van der Waals surface area contributed by atoms with Gasteiger partial charge in [-0.2, -0.15) is 30.0 Å². The van der Waals surface area contributed by atoms with Gasteiger partial charge in [0.25, 0.3) is 10.1 Å². The molecule has 0 fully saturated rings. The first-order valence-corrected chi connectivity index (χ1v) is 10.6. The van der Waals surface area contributed by atoms with Crippen molar-refractivity contribution in [3.8, 4) is 0 Å². The van der Waals surface area contributed by atoms with Gasteiger partial charge < -0.3 is 0 Å². The summed E-state index contributed by atoms with van der Waals surface area (Å²) in [5.41, 5.74) is -5.74. The minimum absolute atomic E-state index is 0.0687. The molecule has 0 radical (unpaired) electrons. The van der Waals surface area contributed by atoms with E-state index in [0.29, 0.717) is 6.42 Å². The van der Waals surface area contributed by atoms with Crippen LogP contribution < -0.4 is 0 Å². The number of hydrogen-bond acceptors (Lipinski definition) is 5. The van der Waals surface area contributed by atoms with Crippen molar-refractivity contribution in [2.75, 3.05) is 23.0 Å². The van der Waals surface area contributed by atoms with Crippen molar-refractivity contribution in [2.45, 2.75) is 32.2 Å². The molecule has 0 aliphatic carbocycles. The zero-order chi connectivity index (χ0) is 16.0. The summed E-state index contributed by atoms with van der Waals surface area (Å²) >= 11 is 0. The Labute approximate surface area is 120 Å². The number of alkyl halides is 3. The molecular weight excluding hydrogens is 341 g/mol. The second kappa shape index (κ2) is 7.85. The molecule has 0 bridgehead atoms. The molecule has 0 spiro atoms. The van der Waals surface area contributed by atoms with Crippen LogP contribution in [0.1, 0.15) is 26.7 Å². The molecule has 5 nitrogen and oxygen atoms in total. The smallest absolute Gasteiger partial charge is 0.198 e. The van der Waals surface area contributed by atoms with E-state index >= 15 is 0 Å². The van der Waals surface area contributed by atoms with Crippen molar-refractivity contribution in [1.29, 1.82) is 0 Å². The maximum Gasteiger partial charge on any atom is 0.524 e. The second-order valence-electron chi connectivity index (χ2n) is 3.83. The largest absolute Gasteiger partial charge is 0.524 e.